The fourth-order valence-electron chi connectivity index (χ4n) is 2.05. The Morgan fingerprint density at radius 2 is 1.65 bits per heavy atom. The zero-order chi connectivity index (χ0) is 16.7. The Kier molecular flexibility index (Phi) is 5.86. The van der Waals surface area contributed by atoms with E-state index >= 15 is 0 Å². The molecule has 0 aromatic heterocycles. The minimum atomic E-state index is -0.680. The van der Waals surface area contributed by atoms with Crippen molar-refractivity contribution in [2.24, 2.45) is 0 Å². The Bertz CT molecular complexity index is 657. The van der Waals surface area contributed by atoms with Crippen LogP contribution >= 0.6 is 0 Å². The molecule has 23 heavy (non-hydrogen) atoms. The molecule has 0 heterocycles. The Labute approximate surface area is 136 Å². The second-order valence-electron chi connectivity index (χ2n) is 4.83. The van der Waals surface area contributed by atoms with Gasteiger partial charge in [-0.15, -0.1) is 0 Å². The molecule has 2 aromatic carbocycles. The highest BCUT2D eigenvalue weighted by molar-refractivity contribution is 5.95. The summed E-state index contributed by atoms with van der Waals surface area (Å²) in [7, 11) is 1.56. The maximum atomic E-state index is 12.3. The zero-order valence-corrected chi connectivity index (χ0v) is 13.5. The van der Waals surface area contributed by atoms with Crippen LogP contribution in [0.2, 0.25) is 0 Å². The summed E-state index contributed by atoms with van der Waals surface area (Å²) in [6.07, 6.45) is -0.680. The predicted octanol–water partition coefficient (Wildman–Crippen LogP) is 3.50. The molecule has 0 saturated carbocycles. The van der Waals surface area contributed by atoms with Gasteiger partial charge in [-0.1, -0.05) is 24.3 Å². The number of benzene rings is 2. The van der Waals surface area contributed by atoms with Crippen molar-refractivity contribution in [3.05, 3.63) is 48.5 Å². The maximum Gasteiger partial charge on any atom is 0.265 e. The smallest absolute Gasteiger partial charge is 0.265 e. The van der Waals surface area contributed by atoms with E-state index in [2.05, 4.69) is 5.32 Å². The van der Waals surface area contributed by atoms with Crippen molar-refractivity contribution in [1.29, 1.82) is 0 Å². The molecule has 0 saturated heterocycles. The molecule has 0 bridgehead atoms. The number of hydrogen-bond donors (Lipinski definition) is 1. The first-order valence-electron chi connectivity index (χ1n) is 7.48. The van der Waals surface area contributed by atoms with E-state index in [-0.39, 0.29) is 5.91 Å². The molecule has 0 fully saturated rings. The highest BCUT2D eigenvalue weighted by Gasteiger charge is 2.18. The number of methoxy groups -OCH3 is 1. The minimum Gasteiger partial charge on any atom is -0.493 e. The van der Waals surface area contributed by atoms with Gasteiger partial charge in [0.1, 0.15) is 5.75 Å². The van der Waals surface area contributed by atoms with Crippen molar-refractivity contribution in [2.75, 3.05) is 19.0 Å². The van der Waals surface area contributed by atoms with E-state index in [0.717, 1.165) is 0 Å². The third-order valence-corrected chi connectivity index (χ3v) is 3.19. The van der Waals surface area contributed by atoms with Crippen LogP contribution in [0.1, 0.15) is 13.8 Å². The zero-order valence-electron chi connectivity index (χ0n) is 13.5. The highest BCUT2D eigenvalue weighted by Crippen LogP contribution is 2.28. The number of carbonyl (C=O) groups is 1. The van der Waals surface area contributed by atoms with Gasteiger partial charge in [0.2, 0.25) is 0 Å². The first kappa shape index (κ1) is 16.7. The van der Waals surface area contributed by atoms with E-state index in [0.29, 0.717) is 29.5 Å². The van der Waals surface area contributed by atoms with Crippen LogP contribution in [-0.2, 0) is 4.79 Å². The molecule has 5 heteroatoms. The number of hydrogen-bond acceptors (Lipinski definition) is 4. The van der Waals surface area contributed by atoms with Crippen LogP contribution in [0.25, 0.3) is 0 Å². The molecule has 0 aliphatic carbocycles. The van der Waals surface area contributed by atoms with Crippen LogP contribution in [-0.4, -0.2) is 25.7 Å². The van der Waals surface area contributed by atoms with Crippen LogP contribution in [0.4, 0.5) is 5.69 Å². The molecule has 0 aliphatic heterocycles. The van der Waals surface area contributed by atoms with E-state index in [1.165, 1.54) is 0 Å². The van der Waals surface area contributed by atoms with Gasteiger partial charge < -0.3 is 19.5 Å². The Hall–Kier alpha value is -2.69. The number of carbonyl (C=O) groups excluding carboxylic acids is 1. The largest absolute Gasteiger partial charge is 0.493 e. The number of ether oxygens (including phenoxy) is 3. The Balaban J connectivity index is 2.06. The average molecular weight is 315 g/mol. The van der Waals surface area contributed by atoms with Crippen molar-refractivity contribution in [3.8, 4) is 17.2 Å². The monoisotopic (exact) mass is 315 g/mol. The summed E-state index contributed by atoms with van der Waals surface area (Å²) in [6.45, 7) is 4.11. The molecular formula is C18H21NO4. The molecule has 1 N–H and O–H groups in total. The van der Waals surface area contributed by atoms with Crippen LogP contribution < -0.4 is 19.5 Å². The minimum absolute atomic E-state index is 0.261. The summed E-state index contributed by atoms with van der Waals surface area (Å²) in [5.74, 6) is 1.48. The van der Waals surface area contributed by atoms with Crippen LogP contribution in [0, 0.1) is 0 Å². The van der Waals surface area contributed by atoms with Gasteiger partial charge in [-0.05, 0) is 38.1 Å². The van der Waals surface area contributed by atoms with Gasteiger partial charge in [-0.3, -0.25) is 4.79 Å². The van der Waals surface area contributed by atoms with Gasteiger partial charge in [0.05, 0.1) is 19.4 Å². The lowest BCUT2D eigenvalue weighted by atomic mass is 10.2. The van der Waals surface area contributed by atoms with Crippen LogP contribution in [0.3, 0.4) is 0 Å². The van der Waals surface area contributed by atoms with Crippen LogP contribution in [0.5, 0.6) is 17.2 Å². The summed E-state index contributed by atoms with van der Waals surface area (Å²) in [5.41, 5.74) is 0.620. The number of nitrogens with one attached hydrogen (secondary N) is 1. The van der Waals surface area contributed by atoms with Gasteiger partial charge in [-0.2, -0.15) is 0 Å². The van der Waals surface area contributed by atoms with Gasteiger partial charge >= 0.3 is 0 Å². The normalized spacial score (nSPS) is 11.4. The number of anilines is 1. The van der Waals surface area contributed by atoms with Gasteiger partial charge in [-0.25, -0.2) is 0 Å². The maximum absolute atomic E-state index is 12.3. The molecule has 1 unspecified atom stereocenters. The molecular weight excluding hydrogens is 294 g/mol. The molecule has 1 atom stereocenters. The fourth-order valence-corrected chi connectivity index (χ4v) is 2.05. The van der Waals surface area contributed by atoms with E-state index in [1.807, 2.05) is 37.3 Å². The second kappa shape index (κ2) is 8.08. The quantitative estimate of drug-likeness (QED) is 0.849. The summed E-state index contributed by atoms with van der Waals surface area (Å²) in [5, 5.41) is 2.82. The lowest BCUT2D eigenvalue weighted by Crippen LogP contribution is -2.30. The predicted molar refractivity (Wildman–Crippen MR) is 89.3 cm³/mol. The summed E-state index contributed by atoms with van der Waals surface area (Å²) in [4.78, 5) is 12.3. The first-order valence-corrected chi connectivity index (χ1v) is 7.48. The molecule has 0 radical (unpaired) electrons. The summed E-state index contributed by atoms with van der Waals surface area (Å²) < 4.78 is 16.4. The van der Waals surface area contributed by atoms with E-state index < -0.39 is 6.10 Å². The third-order valence-electron chi connectivity index (χ3n) is 3.19. The van der Waals surface area contributed by atoms with Crippen LogP contribution in [0.15, 0.2) is 48.5 Å². The molecule has 122 valence electrons. The summed E-state index contributed by atoms with van der Waals surface area (Å²) in [6, 6.07) is 14.5. The highest BCUT2D eigenvalue weighted by atomic mass is 16.5. The molecule has 2 rings (SSSR count). The van der Waals surface area contributed by atoms with Crippen molar-refractivity contribution < 1.29 is 19.0 Å². The first-order chi connectivity index (χ1) is 11.2. The Morgan fingerprint density at radius 3 is 2.30 bits per heavy atom. The van der Waals surface area contributed by atoms with Gasteiger partial charge in [0, 0.05) is 0 Å². The van der Waals surface area contributed by atoms with Crippen molar-refractivity contribution in [3.63, 3.8) is 0 Å². The number of amides is 1. The molecule has 2 aromatic rings. The van der Waals surface area contributed by atoms with Crippen molar-refractivity contribution in [2.45, 2.75) is 20.0 Å². The second-order valence-corrected chi connectivity index (χ2v) is 4.83. The fraction of sp³-hybridized carbons (Fsp3) is 0.278. The van der Waals surface area contributed by atoms with Gasteiger partial charge in [0.15, 0.2) is 17.6 Å². The topological polar surface area (TPSA) is 56.8 Å². The van der Waals surface area contributed by atoms with Crippen molar-refractivity contribution in [1.82, 2.24) is 0 Å². The standard InChI is InChI=1S/C18H21NO4/c1-4-22-15-10-6-5-9-14(15)19-18(20)13(2)23-17-12-8-7-11-16(17)21-3/h5-13H,4H2,1-3H3,(H,19,20). The van der Waals surface area contributed by atoms with Crippen molar-refractivity contribution >= 4 is 11.6 Å². The van der Waals surface area contributed by atoms with Gasteiger partial charge in [0.25, 0.3) is 5.91 Å². The lowest BCUT2D eigenvalue weighted by Gasteiger charge is -2.17. The molecule has 1 amide bonds. The number of para-hydroxylation sites is 4. The summed E-state index contributed by atoms with van der Waals surface area (Å²) >= 11 is 0. The van der Waals surface area contributed by atoms with E-state index in [4.69, 9.17) is 14.2 Å². The lowest BCUT2D eigenvalue weighted by molar-refractivity contribution is -0.122. The molecule has 0 spiro atoms. The molecule has 0 aliphatic rings. The van der Waals surface area contributed by atoms with E-state index in [9.17, 15) is 4.79 Å². The molecule has 5 nitrogen and oxygen atoms in total. The Morgan fingerprint density at radius 1 is 1.04 bits per heavy atom. The van der Waals surface area contributed by atoms with E-state index in [1.54, 1.807) is 32.2 Å². The average Bonchev–Trinajstić information content (AvgIpc) is 2.57. The SMILES string of the molecule is CCOc1ccccc1NC(=O)C(C)Oc1ccccc1OC. The third kappa shape index (κ3) is 4.39. The number of rotatable bonds is 7.